The van der Waals surface area contributed by atoms with E-state index in [9.17, 15) is 0 Å². The van der Waals surface area contributed by atoms with Crippen LogP contribution in [0.15, 0.2) is 24.3 Å². The standard InChI is InChI=1S/C9H10Cl2/c1-7(10)6-8-4-2-3-5-9(8)11/h2-5,7H,6H2,1H3/t7-/m1/s1. The quantitative estimate of drug-likeness (QED) is 0.624. The molecule has 11 heavy (non-hydrogen) atoms. The Morgan fingerprint density at radius 1 is 1.36 bits per heavy atom. The molecule has 2 heteroatoms. The summed E-state index contributed by atoms with van der Waals surface area (Å²) in [5.41, 5.74) is 1.12. The van der Waals surface area contributed by atoms with E-state index in [1.54, 1.807) is 0 Å². The van der Waals surface area contributed by atoms with Crippen LogP contribution in [0.5, 0.6) is 0 Å². The number of rotatable bonds is 2. The van der Waals surface area contributed by atoms with Crippen LogP contribution in [-0.2, 0) is 6.42 Å². The lowest BCUT2D eigenvalue weighted by molar-refractivity contribution is 0.932. The summed E-state index contributed by atoms with van der Waals surface area (Å²) in [4.78, 5) is 0. The molecule has 0 aliphatic rings. The zero-order valence-electron chi connectivity index (χ0n) is 6.35. The van der Waals surface area contributed by atoms with E-state index in [1.165, 1.54) is 0 Å². The zero-order chi connectivity index (χ0) is 8.27. The van der Waals surface area contributed by atoms with E-state index >= 15 is 0 Å². The van der Waals surface area contributed by atoms with Crippen molar-refractivity contribution in [2.24, 2.45) is 0 Å². The average Bonchev–Trinajstić information content (AvgIpc) is 1.93. The topological polar surface area (TPSA) is 0 Å². The molecule has 0 N–H and O–H groups in total. The molecule has 0 saturated carbocycles. The summed E-state index contributed by atoms with van der Waals surface area (Å²) >= 11 is 11.7. The maximum Gasteiger partial charge on any atom is 0.0438 e. The van der Waals surface area contributed by atoms with Gasteiger partial charge in [-0.3, -0.25) is 0 Å². The molecule has 0 unspecified atom stereocenters. The first kappa shape index (κ1) is 8.89. The Labute approximate surface area is 77.1 Å². The molecule has 0 spiro atoms. The Hall–Kier alpha value is -0.200. The summed E-state index contributed by atoms with van der Waals surface area (Å²) in [6.07, 6.45) is 0.835. The van der Waals surface area contributed by atoms with Gasteiger partial charge in [-0.1, -0.05) is 29.8 Å². The molecule has 0 radical (unpaired) electrons. The highest BCUT2D eigenvalue weighted by Gasteiger charge is 2.01. The lowest BCUT2D eigenvalue weighted by atomic mass is 10.1. The van der Waals surface area contributed by atoms with Crippen molar-refractivity contribution in [3.05, 3.63) is 34.9 Å². The fourth-order valence-corrected chi connectivity index (χ4v) is 1.35. The lowest BCUT2D eigenvalue weighted by Crippen LogP contribution is -1.96. The molecular formula is C9H10Cl2. The van der Waals surface area contributed by atoms with Gasteiger partial charge >= 0.3 is 0 Å². The van der Waals surface area contributed by atoms with E-state index in [4.69, 9.17) is 23.2 Å². The van der Waals surface area contributed by atoms with Crippen LogP contribution in [0.3, 0.4) is 0 Å². The summed E-state index contributed by atoms with van der Waals surface area (Å²) in [6.45, 7) is 1.96. The molecule has 0 aliphatic heterocycles. The molecule has 1 rings (SSSR count). The Balaban J connectivity index is 2.78. The van der Waals surface area contributed by atoms with Crippen LogP contribution in [0, 0.1) is 0 Å². The Morgan fingerprint density at radius 3 is 2.55 bits per heavy atom. The third kappa shape index (κ3) is 2.72. The Morgan fingerprint density at radius 2 is 2.00 bits per heavy atom. The lowest BCUT2D eigenvalue weighted by Gasteiger charge is -2.04. The van der Waals surface area contributed by atoms with Crippen LogP contribution in [0.4, 0.5) is 0 Å². The second kappa shape index (κ2) is 3.99. The number of halogens is 2. The number of benzene rings is 1. The van der Waals surface area contributed by atoms with Gasteiger partial charge in [-0.15, -0.1) is 11.6 Å². The zero-order valence-corrected chi connectivity index (χ0v) is 7.86. The first-order valence-corrected chi connectivity index (χ1v) is 4.39. The van der Waals surface area contributed by atoms with Crippen molar-refractivity contribution >= 4 is 23.2 Å². The van der Waals surface area contributed by atoms with Gasteiger partial charge in [0.2, 0.25) is 0 Å². The average molecular weight is 189 g/mol. The van der Waals surface area contributed by atoms with Crippen molar-refractivity contribution in [1.29, 1.82) is 0 Å². The molecule has 0 heterocycles. The van der Waals surface area contributed by atoms with Gasteiger partial charge in [-0.25, -0.2) is 0 Å². The SMILES string of the molecule is C[C@@H](Cl)Cc1ccccc1Cl. The molecule has 0 saturated heterocycles. The van der Waals surface area contributed by atoms with E-state index in [0.717, 1.165) is 17.0 Å². The fraction of sp³-hybridized carbons (Fsp3) is 0.333. The minimum Gasteiger partial charge on any atom is -0.123 e. The molecule has 60 valence electrons. The molecule has 0 amide bonds. The van der Waals surface area contributed by atoms with Crippen LogP contribution in [0.25, 0.3) is 0 Å². The largest absolute Gasteiger partial charge is 0.123 e. The summed E-state index contributed by atoms with van der Waals surface area (Å²) in [5.74, 6) is 0. The van der Waals surface area contributed by atoms with Crippen molar-refractivity contribution in [3.63, 3.8) is 0 Å². The van der Waals surface area contributed by atoms with Crippen LogP contribution < -0.4 is 0 Å². The minimum atomic E-state index is 0.148. The molecule has 1 atom stereocenters. The third-order valence-corrected chi connectivity index (χ3v) is 1.98. The second-order valence-electron chi connectivity index (χ2n) is 2.58. The molecule has 0 fully saturated rings. The molecule has 1 aromatic carbocycles. The van der Waals surface area contributed by atoms with E-state index in [-0.39, 0.29) is 5.38 Å². The number of hydrogen-bond donors (Lipinski definition) is 0. The maximum absolute atomic E-state index is 5.91. The van der Waals surface area contributed by atoms with Gasteiger partial charge in [0.1, 0.15) is 0 Å². The molecular weight excluding hydrogens is 179 g/mol. The summed E-state index contributed by atoms with van der Waals surface area (Å²) in [5, 5.41) is 0.954. The maximum atomic E-state index is 5.91. The highest BCUT2D eigenvalue weighted by molar-refractivity contribution is 6.31. The Bertz CT molecular complexity index is 231. The van der Waals surface area contributed by atoms with E-state index in [2.05, 4.69) is 0 Å². The van der Waals surface area contributed by atoms with Gasteiger partial charge in [0.15, 0.2) is 0 Å². The van der Waals surface area contributed by atoms with Crippen LogP contribution >= 0.6 is 23.2 Å². The van der Waals surface area contributed by atoms with E-state index in [0.29, 0.717) is 0 Å². The minimum absolute atomic E-state index is 0.148. The summed E-state index contributed by atoms with van der Waals surface area (Å²) in [7, 11) is 0. The van der Waals surface area contributed by atoms with E-state index < -0.39 is 0 Å². The van der Waals surface area contributed by atoms with Crippen LogP contribution in [-0.4, -0.2) is 5.38 Å². The smallest absolute Gasteiger partial charge is 0.0438 e. The van der Waals surface area contributed by atoms with Crippen molar-refractivity contribution in [3.8, 4) is 0 Å². The monoisotopic (exact) mass is 188 g/mol. The van der Waals surface area contributed by atoms with Gasteiger partial charge in [0, 0.05) is 10.4 Å². The fourth-order valence-electron chi connectivity index (χ4n) is 0.967. The number of hydrogen-bond acceptors (Lipinski definition) is 0. The van der Waals surface area contributed by atoms with Gasteiger partial charge < -0.3 is 0 Å². The predicted molar refractivity (Wildman–Crippen MR) is 50.5 cm³/mol. The van der Waals surface area contributed by atoms with E-state index in [1.807, 2.05) is 31.2 Å². The van der Waals surface area contributed by atoms with Crippen molar-refractivity contribution in [1.82, 2.24) is 0 Å². The summed E-state index contributed by atoms with van der Waals surface area (Å²) in [6, 6.07) is 7.78. The van der Waals surface area contributed by atoms with Crippen molar-refractivity contribution in [2.45, 2.75) is 18.7 Å². The highest BCUT2D eigenvalue weighted by Crippen LogP contribution is 2.17. The Kier molecular flexibility index (Phi) is 3.22. The predicted octanol–water partition coefficient (Wildman–Crippen LogP) is 3.51. The first-order valence-electron chi connectivity index (χ1n) is 3.57. The highest BCUT2D eigenvalue weighted by atomic mass is 35.5. The van der Waals surface area contributed by atoms with Crippen LogP contribution in [0.2, 0.25) is 5.02 Å². The van der Waals surface area contributed by atoms with Crippen LogP contribution in [0.1, 0.15) is 12.5 Å². The molecule has 0 nitrogen and oxygen atoms in total. The van der Waals surface area contributed by atoms with Gasteiger partial charge in [-0.05, 0) is 25.0 Å². The first-order chi connectivity index (χ1) is 5.20. The second-order valence-corrected chi connectivity index (χ2v) is 3.73. The number of alkyl halides is 1. The normalized spacial score (nSPS) is 13.0. The van der Waals surface area contributed by atoms with Crippen molar-refractivity contribution in [2.75, 3.05) is 0 Å². The molecule has 0 aromatic heterocycles. The van der Waals surface area contributed by atoms with Gasteiger partial charge in [0.05, 0.1) is 0 Å². The van der Waals surface area contributed by atoms with Gasteiger partial charge in [0.25, 0.3) is 0 Å². The van der Waals surface area contributed by atoms with Gasteiger partial charge in [-0.2, -0.15) is 0 Å². The molecule has 0 aliphatic carbocycles. The molecule has 1 aromatic rings. The molecule has 0 bridgehead atoms. The van der Waals surface area contributed by atoms with Crippen molar-refractivity contribution < 1.29 is 0 Å². The third-order valence-electron chi connectivity index (χ3n) is 1.46. The summed E-state index contributed by atoms with van der Waals surface area (Å²) < 4.78 is 0.